The number of aliphatic hydroxyl groups is 1. The Morgan fingerprint density at radius 1 is 1.09 bits per heavy atom. The molecule has 0 unspecified atom stereocenters. The number of hydrogen-bond acceptors (Lipinski definition) is 4. The number of aliphatic hydroxyl groups excluding tert-OH is 1. The molecule has 0 atom stereocenters. The number of thiophene rings is 1. The van der Waals surface area contributed by atoms with E-state index in [2.05, 4.69) is 5.32 Å². The van der Waals surface area contributed by atoms with Gasteiger partial charge in [-0.15, -0.1) is 11.3 Å². The SMILES string of the molecule is O=C(CCC(=O)c1ccc(Cl)s1)Nc1ccc(CCO)cc1. The molecule has 6 heteroatoms. The highest BCUT2D eigenvalue weighted by Gasteiger charge is 2.11. The number of rotatable bonds is 7. The van der Waals surface area contributed by atoms with E-state index < -0.39 is 0 Å². The maximum Gasteiger partial charge on any atom is 0.224 e. The molecule has 0 aliphatic carbocycles. The van der Waals surface area contributed by atoms with Crippen LogP contribution < -0.4 is 5.32 Å². The Morgan fingerprint density at radius 3 is 2.41 bits per heavy atom. The molecule has 0 fully saturated rings. The number of halogens is 1. The number of carbonyl (C=O) groups excluding carboxylic acids is 2. The van der Waals surface area contributed by atoms with E-state index in [-0.39, 0.29) is 31.1 Å². The summed E-state index contributed by atoms with van der Waals surface area (Å²) in [7, 11) is 0. The summed E-state index contributed by atoms with van der Waals surface area (Å²) in [6, 6.07) is 10.6. The summed E-state index contributed by atoms with van der Waals surface area (Å²) in [6.07, 6.45) is 0.879. The largest absolute Gasteiger partial charge is 0.396 e. The van der Waals surface area contributed by atoms with Crippen molar-refractivity contribution < 1.29 is 14.7 Å². The summed E-state index contributed by atoms with van der Waals surface area (Å²) in [5, 5.41) is 11.6. The van der Waals surface area contributed by atoms with E-state index in [4.69, 9.17) is 16.7 Å². The van der Waals surface area contributed by atoms with E-state index in [0.29, 0.717) is 21.3 Å². The molecular formula is C16H16ClNO3S. The number of amides is 1. The molecule has 116 valence electrons. The fourth-order valence-electron chi connectivity index (χ4n) is 1.92. The van der Waals surface area contributed by atoms with E-state index in [1.54, 1.807) is 24.3 Å². The minimum atomic E-state index is -0.203. The van der Waals surface area contributed by atoms with E-state index in [1.807, 2.05) is 12.1 Å². The topological polar surface area (TPSA) is 66.4 Å². The monoisotopic (exact) mass is 337 g/mol. The molecule has 0 saturated carbocycles. The van der Waals surface area contributed by atoms with Crippen molar-refractivity contribution in [1.82, 2.24) is 0 Å². The van der Waals surface area contributed by atoms with Crippen LogP contribution in [0.25, 0.3) is 0 Å². The Morgan fingerprint density at radius 2 is 1.82 bits per heavy atom. The Bertz CT molecular complexity index is 652. The zero-order chi connectivity index (χ0) is 15.9. The van der Waals surface area contributed by atoms with Crippen molar-refractivity contribution in [3.8, 4) is 0 Å². The first kappa shape index (κ1) is 16.7. The first-order chi connectivity index (χ1) is 10.6. The van der Waals surface area contributed by atoms with Crippen molar-refractivity contribution in [2.75, 3.05) is 11.9 Å². The molecular weight excluding hydrogens is 322 g/mol. The zero-order valence-electron chi connectivity index (χ0n) is 11.8. The highest BCUT2D eigenvalue weighted by molar-refractivity contribution is 7.18. The number of carbonyl (C=O) groups is 2. The molecule has 2 N–H and O–H groups in total. The quantitative estimate of drug-likeness (QED) is 0.759. The maximum absolute atomic E-state index is 11.9. The van der Waals surface area contributed by atoms with Gasteiger partial charge < -0.3 is 10.4 Å². The summed E-state index contributed by atoms with van der Waals surface area (Å²) < 4.78 is 0.566. The lowest BCUT2D eigenvalue weighted by Gasteiger charge is -2.06. The average molecular weight is 338 g/mol. The van der Waals surface area contributed by atoms with Crippen molar-refractivity contribution in [3.63, 3.8) is 0 Å². The van der Waals surface area contributed by atoms with Gasteiger partial charge in [0, 0.05) is 25.1 Å². The van der Waals surface area contributed by atoms with Gasteiger partial charge in [0.05, 0.1) is 9.21 Å². The van der Waals surface area contributed by atoms with Crippen molar-refractivity contribution in [3.05, 3.63) is 51.2 Å². The first-order valence-corrected chi connectivity index (χ1v) is 8.06. The third kappa shape index (κ3) is 4.94. The molecule has 0 aliphatic rings. The predicted molar refractivity (Wildman–Crippen MR) is 88.8 cm³/mol. The van der Waals surface area contributed by atoms with E-state index in [0.717, 1.165) is 5.56 Å². The number of benzene rings is 1. The van der Waals surface area contributed by atoms with Crippen LogP contribution in [0, 0.1) is 0 Å². The van der Waals surface area contributed by atoms with Crippen LogP contribution in [0.5, 0.6) is 0 Å². The molecule has 0 saturated heterocycles. The summed E-state index contributed by atoms with van der Waals surface area (Å²) in [5.41, 5.74) is 1.68. The Kier molecular flexibility index (Phi) is 6.12. The van der Waals surface area contributed by atoms with Crippen LogP contribution in [0.1, 0.15) is 28.1 Å². The number of nitrogens with one attached hydrogen (secondary N) is 1. The minimum Gasteiger partial charge on any atom is -0.396 e. The summed E-state index contributed by atoms with van der Waals surface area (Å²) in [5.74, 6) is -0.281. The van der Waals surface area contributed by atoms with Crippen molar-refractivity contribution in [1.29, 1.82) is 0 Å². The smallest absolute Gasteiger partial charge is 0.224 e. The van der Waals surface area contributed by atoms with Crippen LogP contribution in [0.2, 0.25) is 4.34 Å². The van der Waals surface area contributed by atoms with Crippen LogP contribution in [0.3, 0.4) is 0 Å². The summed E-state index contributed by atoms with van der Waals surface area (Å²) in [4.78, 5) is 24.3. The molecule has 1 heterocycles. The van der Waals surface area contributed by atoms with Crippen LogP contribution in [0.15, 0.2) is 36.4 Å². The Hall–Kier alpha value is -1.69. The fourth-order valence-corrected chi connectivity index (χ4v) is 2.93. The van der Waals surface area contributed by atoms with Crippen molar-refractivity contribution >= 4 is 40.3 Å². The van der Waals surface area contributed by atoms with Gasteiger partial charge in [0.15, 0.2) is 5.78 Å². The minimum absolute atomic E-state index is 0.0784. The van der Waals surface area contributed by atoms with Gasteiger partial charge in [-0.2, -0.15) is 0 Å². The lowest BCUT2D eigenvalue weighted by Crippen LogP contribution is -2.13. The van der Waals surface area contributed by atoms with Gasteiger partial charge in [0.1, 0.15) is 0 Å². The lowest BCUT2D eigenvalue weighted by atomic mass is 10.1. The van der Waals surface area contributed by atoms with Gasteiger partial charge >= 0.3 is 0 Å². The fraction of sp³-hybridized carbons (Fsp3) is 0.250. The number of ketones is 1. The van der Waals surface area contributed by atoms with Gasteiger partial charge in [0.2, 0.25) is 5.91 Å². The van der Waals surface area contributed by atoms with E-state index >= 15 is 0 Å². The van der Waals surface area contributed by atoms with Crippen LogP contribution in [0.4, 0.5) is 5.69 Å². The average Bonchev–Trinajstić information content (AvgIpc) is 2.94. The Labute approximate surface area is 137 Å². The van der Waals surface area contributed by atoms with Gasteiger partial charge in [-0.1, -0.05) is 23.7 Å². The zero-order valence-corrected chi connectivity index (χ0v) is 13.4. The second kappa shape index (κ2) is 8.08. The molecule has 0 radical (unpaired) electrons. The molecule has 0 bridgehead atoms. The van der Waals surface area contributed by atoms with Crippen molar-refractivity contribution in [2.45, 2.75) is 19.3 Å². The molecule has 22 heavy (non-hydrogen) atoms. The highest BCUT2D eigenvalue weighted by atomic mass is 35.5. The van der Waals surface area contributed by atoms with Crippen LogP contribution in [-0.4, -0.2) is 23.4 Å². The van der Waals surface area contributed by atoms with Crippen LogP contribution >= 0.6 is 22.9 Å². The predicted octanol–water partition coefficient (Wildman–Crippen LogP) is 3.54. The van der Waals surface area contributed by atoms with Gasteiger partial charge in [-0.05, 0) is 36.2 Å². The normalized spacial score (nSPS) is 10.5. The highest BCUT2D eigenvalue weighted by Crippen LogP contribution is 2.23. The summed E-state index contributed by atoms with van der Waals surface area (Å²) >= 11 is 7.00. The number of anilines is 1. The second-order valence-corrected chi connectivity index (χ2v) is 6.46. The Balaban J connectivity index is 1.81. The molecule has 1 aromatic heterocycles. The number of Topliss-reactive ketones (excluding diaryl/α,β-unsaturated/α-hetero) is 1. The second-order valence-electron chi connectivity index (χ2n) is 4.75. The standard InChI is InChI=1S/C16H16ClNO3S/c17-15-7-6-14(22-15)13(20)5-8-16(21)18-12-3-1-11(2-4-12)9-10-19/h1-4,6-7,19H,5,8-10H2,(H,18,21). The van der Waals surface area contributed by atoms with Crippen LogP contribution in [-0.2, 0) is 11.2 Å². The van der Waals surface area contributed by atoms with Crippen molar-refractivity contribution in [2.24, 2.45) is 0 Å². The third-order valence-electron chi connectivity index (χ3n) is 3.07. The summed E-state index contributed by atoms with van der Waals surface area (Å²) in [6.45, 7) is 0.0978. The first-order valence-electron chi connectivity index (χ1n) is 6.86. The maximum atomic E-state index is 11.9. The van der Waals surface area contributed by atoms with Gasteiger partial charge in [-0.3, -0.25) is 9.59 Å². The lowest BCUT2D eigenvalue weighted by molar-refractivity contribution is -0.116. The molecule has 1 amide bonds. The van der Waals surface area contributed by atoms with E-state index in [1.165, 1.54) is 11.3 Å². The van der Waals surface area contributed by atoms with Gasteiger partial charge in [0.25, 0.3) is 0 Å². The molecule has 0 spiro atoms. The molecule has 4 nitrogen and oxygen atoms in total. The van der Waals surface area contributed by atoms with E-state index in [9.17, 15) is 9.59 Å². The molecule has 0 aliphatic heterocycles. The third-order valence-corrected chi connectivity index (χ3v) is 4.34. The van der Waals surface area contributed by atoms with Gasteiger partial charge in [-0.25, -0.2) is 0 Å². The number of hydrogen-bond donors (Lipinski definition) is 2. The molecule has 1 aromatic carbocycles. The molecule has 2 rings (SSSR count). The molecule has 2 aromatic rings.